The zero-order chi connectivity index (χ0) is 19.2. The molecule has 0 spiro atoms. The summed E-state index contributed by atoms with van der Waals surface area (Å²) in [5.41, 5.74) is 3.42. The summed E-state index contributed by atoms with van der Waals surface area (Å²) in [6.45, 7) is 11.9. The van der Waals surface area contributed by atoms with Crippen LogP contribution in [-0.2, 0) is 21.4 Å². The van der Waals surface area contributed by atoms with Gasteiger partial charge in [0.2, 0.25) is 5.91 Å². The Labute approximate surface area is 160 Å². The number of hydrogen-bond donors (Lipinski definition) is 0. The van der Waals surface area contributed by atoms with Crippen LogP contribution in [0.15, 0.2) is 36.4 Å². The first-order valence-corrected chi connectivity index (χ1v) is 9.81. The highest BCUT2D eigenvalue weighted by molar-refractivity contribution is 5.80. The standard InChI is InChI=1S/C23H33NO2.H2/c1-18(2)15-19-9-7-10-20(16-19)23(3,4)17-21(25)11-8-14-24-13-6-5-12-22(24)26;/h7,9-10,16H,1,5-6,8,11-15,17H2,2-4H3;1H. The van der Waals surface area contributed by atoms with E-state index in [1.165, 1.54) is 11.1 Å². The topological polar surface area (TPSA) is 37.4 Å². The molecule has 1 heterocycles. The van der Waals surface area contributed by atoms with Crippen LogP contribution in [0.5, 0.6) is 0 Å². The Bertz CT molecular complexity index is 666. The Balaban J connectivity index is 0.00000364. The summed E-state index contributed by atoms with van der Waals surface area (Å²) >= 11 is 0. The molecule has 2 rings (SSSR count). The van der Waals surface area contributed by atoms with Crippen molar-refractivity contribution in [2.75, 3.05) is 13.1 Å². The van der Waals surface area contributed by atoms with Gasteiger partial charge in [0, 0.05) is 33.8 Å². The number of benzene rings is 1. The fourth-order valence-electron chi connectivity index (χ4n) is 3.70. The van der Waals surface area contributed by atoms with Crippen molar-refractivity contribution in [2.24, 2.45) is 0 Å². The lowest BCUT2D eigenvalue weighted by molar-refractivity contribution is -0.133. The SMILES string of the molecule is C=C(C)Cc1cccc(C(C)(C)CC(=O)CCCN2CCCCC2=O)c1.[HH]. The first-order chi connectivity index (χ1) is 12.3. The van der Waals surface area contributed by atoms with Crippen LogP contribution >= 0.6 is 0 Å². The lowest BCUT2D eigenvalue weighted by Crippen LogP contribution is -2.36. The van der Waals surface area contributed by atoms with Crippen LogP contribution in [0.2, 0.25) is 0 Å². The maximum absolute atomic E-state index is 12.5. The largest absolute Gasteiger partial charge is 0.343 e. The Morgan fingerprint density at radius 2 is 2.08 bits per heavy atom. The lowest BCUT2D eigenvalue weighted by Gasteiger charge is -2.27. The molecule has 0 atom stereocenters. The third-order valence-electron chi connectivity index (χ3n) is 5.16. The van der Waals surface area contributed by atoms with E-state index in [9.17, 15) is 9.59 Å². The number of hydrogen-bond acceptors (Lipinski definition) is 2. The molecule has 3 heteroatoms. The molecular formula is C23H35NO2. The van der Waals surface area contributed by atoms with Crippen LogP contribution in [0.1, 0.15) is 71.8 Å². The Morgan fingerprint density at radius 1 is 1.31 bits per heavy atom. The zero-order valence-corrected chi connectivity index (χ0v) is 16.6. The van der Waals surface area contributed by atoms with Gasteiger partial charge in [-0.05, 0) is 49.1 Å². The molecule has 0 aliphatic carbocycles. The van der Waals surface area contributed by atoms with E-state index in [0.717, 1.165) is 44.3 Å². The summed E-state index contributed by atoms with van der Waals surface area (Å²) in [6.07, 6.45) is 5.51. The minimum Gasteiger partial charge on any atom is -0.343 e. The van der Waals surface area contributed by atoms with Crippen LogP contribution in [0, 0.1) is 0 Å². The third kappa shape index (κ3) is 6.12. The highest BCUT2D eigenvalue weighted by Crippen LogP contribution is 2.29. The van der Waals surface area contributed by atoms with Gasteiger partial charge in [-0.2, -0.15) is 0 Å². The molecule has 1 aliphatic heterocycles. The Morgan fingerprint density at radius 3 is 2.77 bits per heavy atom. The van der Waals surface area contributed by atoms with Crippen molar-refractivity contribution in [3.8, 4) is 0 Å². The van der Waals surface area contributed by atoms with Crippen LogP contribution < -0.4 is 0 Å². The quantitative estimate of drug-likeness (QED) is 0.578. The number of carbonyl (C=O) groups excluding carboxylic acids is 2. The fraction of sp³-hybridized carbons (Fsp3) is 0.565. The molecule has 0 radical (unpaired) electrons. The van der Waals surface area contributed by atoms with E-state index >= 15 is 0 Å². The van der Waals surface area contributed by atoms with Gasteiger partial charge in [-0.25, -0.2) is 0 Å². The van der Waals surface area contributed by atoms with Crippen molar-refractivity contribution >= 4 is 11.7 Å². The molecule has 3 nitrogen and oxygen atoms in total. The average molecular weight is 358 g/mol. The van der Waals surface area contributed by atoms with E-state index in [1.807, 2.05) is 11.8 Å². The number of likely N-dealkylation sites (tertiary alicyclic amines) is 1. The maximum atomic E-state index is 12.5. The minimum atomic E-state index is -0.177. The van der Waals surface area contributed by atoms with E-state index in [1.54, 1.807) is 0 Å². The van der Waals surface area contributed by atoms with Gasteiger partial charge in [0.05, 0.1) is 0 Å². The van der Waals surface area contributed by atoms with Crippen LogP contribution in [0.25, 0.3) is 0 Å². The molecule has 1 amide bonds. The number of piperidine rings is 1. The van der Waals surface area contributed by atoms with Gasteiger partial charge in [-0.15, -0.1) is 0 Å². The number of ketones is 1. The number of carbonyl (C=O) groups is 2. The summed E-state index contributed by atoms with van der Waals surface area (Å²) in [5.74, 6) is 0.531. The second-order valence-electron chi connectivity index (χ2n) is 8.38. The molecule has 1 fully saturated rings. The fourth-order valence-corrected chi connectivity index (χ4v) is 3.70. The number of amides is 1. The second kappa shape index (κ2) is 9.16. The van der Waals surface area contributed by atoms with Crippen LogP contribution in [-0.4, -0.2) is 29.7 Å². The molecule has 1 saturated heterocycles. The summed E-state index contributed by atoms with van der Waals surface area (Å²) < 4.78 is 0. The minimum absolute atomic E-state index is 0. The molecule has 26 heavy (non-hydrogen) atoms. The van der Waals surface area contributed by atoms with Crippen molar-refractivity contribution in [3.63, 3.8) is 0 Å². The van der Waals surface area contributed by atoms with Crippen molar-refractivity contribution in [1.82, 2.24) is 4.90 Å². The van der Waals surface area contributed by atoms with E-state index in [0.29, 0.717) is 19.3 Å². The van der Waals surface area contributed by atoms with Gasteiger partial charge in [-0.3, -0.25) is 9.59 Å². The number of rotatable bonds is 9. The summed E-state index contributed by atoms with van der Waals surface area (Å²) in [7, 11) is 0. The smallest absolute Gasteiger partial charge is 0.222 e. The molecule has 0 N–H and O–H groups in total. The normalized spacial score (nSPS) is 15.2. The highest BCUT2D eigenvalue weighted by atomic mass is 16.2. The molecular weight excluding hydrogens is 322 g/mol. The monoisotopic (exact) mass is 357 g/mol. The molecule has 0 bridgehead atoms. The predicted octanol–water partition coefficient (Wildman–Crippen LogP) is 5.08. The molecule has 0 aromatic heterocycles. The van der Waals surface area contributed by atoms with Gasteiger partial charge in [-0.1, -0.05) is 50.3 Å². The van der Waals surface area contributed by atoms with Crippen LogP contribution in [0.3, 0.4) is 0 Å². The maximum Gasteiger partial charge on any atom is 0.222 e. The molecule has 0 saturated carbocycles. The molecule has 1 aromatic rings. The Hall–Kier alpha value is -1.90. The summed E-state index contributed by atoms with van der Waals surface area (Å²) in [4.78, 5) is 26.2. The molecule has 0 unspecified atom stereocenters. The number of Topliss-reactive ketones (excluding diaryl/α,β-unsaturated/α-hetero) is 1. The molecule has 144 valence electrons. The molecule has 1 aromatic carbocycles. The second-order valence-corrected chi connectivity index (χ2v) is 8.38. The predicted molar refractivity (Wildman–Crippen MR) is 109 cm³/mol. The molecule has 1 aliphatic rings. The van der Waals surface area contributed by atoms with Gasteiger partial charge in [0.15, 0.2) is 0 Å². The highest BCUT2D eigenvalue weighted by Gasteiger charge is 2.25. The first kappa shape index (κ1) is 20.4. The van der Waals surface area contributed by atoms with E-state index < -0.39 is 0 Å². The van der Waals surface area contributed by atoms with Gasteiger partial charge in [0.25, 0.3) is 0 Å². The number of nitrogens with zero attached hydrogens (tertiary/aromatic N) is 1. The van der Waals surface area contributed by atoms with Crippen molar-refractivity contribution < 1.29 is 11.0 Å². The Kier molecular flexibility index (Phi) is 7.19. The van der Waals surface area contributed by atoms with Crippen molar-refractivity contribution in [1.29, 1.82) is 0 Å². The van der Waals surface area contributed by atoms with E-state index in [-0.39, 0.29) is 18.5 Å². The van der Waals surface area contributed by atoms with Gasteiger partial charge in [0.1, 0.15) is 5.78 Å². The number of allylic oxidation sites excluding steroid dienone is 1. The average Bonchev–Trinajstić information content (AvgIpc) is 2.56. The van der Waals surface area contributed by atoms with Crippen LogP contribution in [0.4, 0.5) is 0 Å². The summed E-state index contributed by atoms with van der Waals surface area (Å²) in [5, 5.41) is 0. The zero-order valence-electron chi connectivity index (χ0n) is 16.6. The van der Waals surface area contributed by atoms with E-state index in [4.69, 9.17) is 0 Å². The lowest BCUT2D eigenvalue weighted by atomic mass is 9.79. The first-order valence-electron chi connectivity index (χ1n) is 9.81. The van der Waals surface area contributed by atoms with Gasteiger partial charge >= 0.3 is 0 Å². The van der Waals surface area contributed by atoms with Gasteiger partial charge < -0.3 is 4.90 Å². The van der Waals surface area contributed by atoms with Crippen molar-refractivity contribution in [3.05, 3.63) is 47.5 Å². The van der Waals surface area contributed by atoms with E-state index in [2.05, 4.69) is 44.7 Å². The summed E-state index contributed by atoms with van der Waals surface area (Å²) in [6, 6.07) is 8.50. The van der Waals surface area contributed by atoms with Crippen molar-refractivity contribution in [2.45, 2.75) is 71.1 Å². The third-order valence-corrected chi connectivity index (χ3v) is 5.16.